The first-order valence-electron chi connectivity index (χ1n) is 13.1. The van der Waals surface area contributed by atoms with E-state index in [9.17, 15) is 4.79 Å². The van der Waals surface area contributed by atoms with Crippen molar-refractivity contribution in [1.29, 1.82) is 0 Å². The minimum absolute atomic E-state index is 0.0266. The van der Waals surface area contributed by atoms with E-state index in [0.29, 0.717) is 30.6 Å². The number of ether oxygens (including phenoxy) is 2. The van der Waals surface area contributed by atoms with Crippen LogP contribution in [0.3, 0.4) is 0 Å². The van der Waals surface area contributed by atoms with Crippen molar-refractivity contribution in [2.75, 3.05) is 11.1 Å². The summed E-state index contributed by atoms with van der Waals surface area (Å²) in [7, 11) is 0. The normalized spacial score (nSPS) is 40.9. The number of fused-ring (bicyclic) bond motifs is 2. The zero-order chi connectivity index (χ0) is 23.9. The molecule has 1 spiro atoms. The van der Waals surface area contributed by atoms with Gasteiger partial charge in [-0.3, -0.25) is 4.79 Å². The van der Waals surface area contributed by atoms with Gasteiger partial charge in [0.15, 0.2) is 11.9 Å². The van der Waals surface area contributed by atoms with Crippen molar-refractivity contribution in [3.8, 4) is 0 Å². The SMILES string of the molecule is CCCSc1cccc(NC(=O)CC[C@H]2O[C@@H]3OC4(C)CC[C@H]5[C@H](C)CC[C@@H]([C@H]2C)[C@@]35OO4)c1. The van der Waals surface area contributed by atoms with E-state index in [1.54, 1.807) is 0 Å². The van der Waals surface area contributed by atoms with E-state index in [1.165, 1.54) is 11.3 Å². The van der Waals surface area contributed by atoms with Gasteiger partial charge in [-0.15, -0.1) is 11.8 Å². The second-order valence-corrected chi connectivity index (χ2v) is 12.1. The monoisotopic (exact) mass is 489 g/mol. The summed E-state index contributed by atoms with van der Waals surface area (Å²) in [6.07, 6.45) is 5.84. The van der Waals surface area contributed by atoms with Crippen molar-refractivity contribution in [3.05, 3.63) is 24.3 Å². The number of thioether (sulfide) groups is 1. The average Bonchev–Trinajstić information content (AvgIpc) is 3.05. The van der Waals surface area contributed by atoms with Crippen LogP contribution in [0.25, 0.3) is 0 Å². The highest BCUT2D eigenvalue weighted by atomic mass is 32.2. The molecule has 4 heterocycles. The molecule has 1 unspecified atom stereocenters. The maximum atomic E-state index is 12.8. The molecule has 34 heavy (non-hydrogen) atoms. The predicted octanol–water partition coefficient (Wildman–Crippen LogP) is 6.16. The zero-order valence-corrected chi connectivity index (χ0v) is 21.7. The maximum absolute atomic E-state index is 12.8. The molecule has 1 aromatic carbocycles. The second kappa shape index (κ2) is 9.74. The quantitative estimate of drug-likeness (QED) is 0.366. The molecule has 5 fully saturated rings. The number of hydrogen-bond donors (Lipinski definition) is 1. The Hall–Kier alpha value is -1.12. The van der Waals surface area contributed by atoms with E-state index in [2.05, 4.69) is 38.2 Å². The standard InChI is InChI=1S/C27H39NO5S/c1-5-15-34-20-8-6-7-19(16-20)28-24(29)12-11-23-18(3)22-10-9-17(2)21-13-14-26(4)31-25(30-23)27(21,22)33-32-26/h6-8,16-18,21-23,25H,5,9-15H2,1-4H3,(H,28,29)/t17-,18-,21+,22+,23-,25-,26?,27-/m1/s1. The molecule has 7 heteroatoms. The Kier molecular flexibility index (Phi) is 7.04. The minimum Gasteiger partial charge on any atom is -0.346 e. The molecule has 1 aromatic rings. The van der Waals surface area contributed by atoms with Crippen LogP contribution < -0.4 is 5.32 Å². The summed E-state index contributed by atoms with van der Waals surface area (Å²) >= 11 is 1.82. The summed E-state index contributed by atoms with van der Waals surface area (Å²) in [6, 6.07) is 8.10. The Balaban J connectivity index is 1.25. The number of benzene rings is 1. The molecular weight excluding hydrogens is 450 g/mol. The summed E-state index contributed by atoms with van der Waals surface area (Å²) in [5.41, 5.74) is 0.317. The molecule has 6 rings (SSSR count). The highest BCUT2D eigenvalue weighted by Gasteiger charge is 2.69. The van der Waals surface area contributed by atoms with Gasteiger partial charge in [-0.25, -0.2) is 9.78 Å². The van der Waals surface area contributed by atoms with Gasteiger partial charge in [0.1, 0.15) is 0 Å². The van der Waals surface area contributed by atoms with E-state index >= 15 is 0 Å². The molecule has 5 aliphatic rings. The van der Waals surface area contributed by atoms with E-state index in [4.69, 9.17) is 19.2 Å². The van der Waals surface area contributed by atoms with Gasteiger partial charge in [-0.05, 0) is 80.7 Å². The fraction of sp³-hybridized carbons (Fsp3) is 0.741. The third kappa shape index (κ3) is 4.43. The lowest BCUT2D eigenvalue weighted by atomic mass is 9.57. The first-order chi connectivity index (χ1) is 16.3. The summed E-state index contributed by atoms with van der Waals surface area (Å²) in [5, 5.41) is 3.08. The number of rotatable bonds is 7. The lowest BCUT2D eigenvalue weighted by Gasteiger charge is -2.60. The van der Waals surface area contributed by atoms with Crippen LogP contribution in [0.4, 0.5) is 5.69 Å². The van der Waals surface area contributed by atoms with Crippen LogP contribution in [0.5, 0.6) is 0 Å². The van der Waals surface area contributed by atoms with Gasteiger partial charge in [0.25, 0.3) is 0 Å². The van der Waals surface area contributed by atoms with Gasteiger partial charge in [0, 0.05) is 29.3 Å². The van der Waals surface area contributed by atoms with Crippen molar-refractivity contribution in [2.24, 2.45) is 23.7 Å². The van der Waals surface area contributed by atoms with Crippen LogP contribution in [0.15, 0.2) is 29.2 Å². The van der Waals surface area contributed by atoms with Gasteiger partial charge in [0.05, 0.1) is 6.10 Å². The Bertz CT molecular complexity index is 898. The molecule has 1 amide bonds. The zero-order valence-electron chi connectivity index (χ0n) is 20.9. The van der Waals surface area contributed by atoms with Gasteiger partial charge >= 0.3 is 0 Å². The third-order valence-corrected chi connectivity index (χ3v) is 9.74. The van der Waals surface area contributed by atoms with Crippen LogP contribution in [-0.2, 0) is 24.0 Å². The van der Waals surface area contributed by atoms with E-state index in [-0.39, 0.29) is 17.9 Å². The van der Waals surface area contributed by atoms with E-state index in [0.717, 1.165) is 37.1 Å². The highest BCUT2D eigenvalue weighted by Crippen LogP contribution is 2.60. The Labute approximate surface area is 207 Å². The fourth-order valence-corrected chi connectivity index (χ4v) is 7.51. The van der Waals surface area contributed by atoms with E-state index in [1.807, 2.05) is 30.8 Å². The van der Waals surface area contributed by atoms with Crippen LogP contribution in [0.1, 0.15) is 72.6 Å². The molecule has 8 atom stereocenters. The number of anilines is 1. The van der Waals surface area contributed by atoms with Crippen LogP contribution >= 0.6 is 11.8 Å². The van der Waals surface area contributed by atoms with Gasteiger partial charge in [-0.1, -0.05) is 26.8 Å². The Morgan fingerprint density at radius 2 is 2.03 bits per heavy atom. The molecular formula is C27H39NO5S. The molecule has 1 saturated carbocycles. The van der Waals surface area contributed by atoms with Gasteiger partial charge in [0.2, 0.25) is 11.7 Å². The first kappa shape index (κ1) is 24.6. The summed E-state index contributed by atoms with van der Waals surface area (Å²) in [6.45, 7) is 8.71. The van der Waals surface area contributed by atoms with Crippen molar-refractivity contribution in [1.82, 2.24) is 0 Å². The molecule has 188 valence electrons. The Morgan fingerprint density at radius 3 is 2.85 bits per heavy atom. The highest BCUT2D eigenvalue weighted by molar-refractivity contribution is 7.99. The van der Waals surface area contributed by atoms with Crippen LogP contribution in [0, 0.1) is 23.7 Å². The predicted molar refractivity (Wildman–Crippen MR) is 132 cm³/mol. The lowest BCUT2D eigenvalue weighted by molar-refractivity contribution is -0.571. The number of hydrogen-bond acceptors (Lipinski definition) is 6. The summed E-state index contributed by atoms with van der Waals surface area (Å²) in [4.78, 5) is 26.1. The topological polar surface area (TPSA) is 66.0 Å². The van der Waals surface area contributed by atoms with Crippen molar-refractivity contribution in [3.63, 3.8) is 0 Å². The number of nitrogens with one attached hydrogen (secondary N) is 1. The summed E-state index contributed by atoms with van der Waals surface area (Å²) in [5.74, 6) is 1.83. The number of amides is 1. The Morgan fingerprint density at radius 1 is 1.18 bits per heavy atom. The molecule has 2 bridgehead atoms. The molecule has 6 nitrogen and oxygen atoms in total. The lowest BCUT2D eigenvalue weighted by Crippen LogP contribution is -2.70. The molecule has 1 aliphatic carbocycles. The average molecular weight is 490 g/mol. The molecule has 4 saturated heterocycles. The molecule has 4 aliphatic heterocycles. The fourth-order valence-electron chi connectivity index (χ4n) is 6.69. The van der Waals surface area contributed by atoms with Crippen molar-refractivity contribution in [2.45, 2.75) is 101 Å². The number of carbonyl (C=O) groups is 1. The molecule has 1 N–H and O–H groups in total. The third-order valence-electron chi connectivity index (χ3n) is 8.54. The van der Waals surface area contributed by atoms with Crippen LogP contribution in [-0.4, -0.2) is 35.4 Å². The van der Waals surface area contributed by atoms with Crippen molar-refractivity contribution < 1.29 is 24.0 Å². The number of carbonyl (C=O) groups excluding carboxylic acids is 1. The van der Waals surface area contributed by atoms with Crippen LogP contribution in [0.2, 0.25) is 0 Å². The summed E-state index contributed by atoms with van der Waals surface area (Å²) < 4.78 is 13.0. The smallest absolute Gasteiger partial charge is 0.224 e. The van der Waals surface area contributed by atoms with Gasteiger partial charge < -0.3 is 14.8 Å². The van der Waals surface area contributed by atoms with Crippen molar-refractivity contribution >= 4 is 23.4 Å². The molecule has 0 radical (unpaired) electrons. The van der Waals surface area contributed by atoms with Gasteiger partial charge in [-0.2, -0.15) is 0 Å². The largest absolute Gasteiger partial charge is 0.346 e. The minimum atomic E-state index is -0.763. The second-order valence-electron chi connectivity index (χ2n) is 10.9. The molecule has 0 aromatic heterocycles. The maximum Gasteiger partial charge on any atom is 0.224 e. The van der Waals surface area contributed by atoms with E-state index < -0.39 is 17.7 Å². The first-order valence-corrected chi connectivity index (χ1v) is 14.1.